The first-order valence-corrected chi connectivity index (χ1v) is 10.2. The van der Waals surface area contributed by atoms with Crippen molar-refractivity contribution in [1.29, 1.82) is 0 Å². The topological polar surface area (TPSA) is 90.4 Å². The molecule has 31 heavy (non-hydrogen) atoms. The Bertz CT molecular complexity index is 987. The first-order valence-electron chi connectivity index (χ1n) is 10.2. The van der Waals surface area contributed by atoms with Crippen molar-refractivity contribution in [3.05, 3.63) is 53.6 Å². The summed E-state index contributed by atoms with van der Waals surface area (Å²) in [6, 6.07) is 11.9. The Morgan fingerprint density at radius 3 is 2.45 bits per heavy atom. The SMILES string of the molecule is CCN(CC)CC(=O)N1CC(=O)N(Cc2ccccc2OC)c2ccc(C(=O)O)cc21. The fourth-order valence-corrected chi connectivity index (χ4v) is 3.66. The lowest BCUT2D eigenvalue weighted by atomic mass is 10.1. The zero-order chi connectivity index (χ0) is 22.5. The zero-order valence-electron chi connectivity index (χ0n) is 18.0. The molecule has 2 aromatic carbocycles. The van der Waals surface area contributed by atoms with Crippen LogP contribution < -0.4 is 14.5 Å². The number of carboxylic acids is 1. The van der Waals surface area contributed by atoms with Crippen molar-refractivity contribution in [1.82, 2.24) is 4.90 Å². The van der Waals surface area contributed by atoms with E-state index in [0.717, 1.165) is 5.56 Å². The number of hydrogen-bond donors (Lipinski definition) is 1. The normalized spacial score (nSPS) is 13.4. The van der Waals surface area contributed by atoms with Crippen LogP contribution in [0.3, 0.4) is 0 Å². The molecular weight excluding hydrogens is 398 g/mol. The maximum atomic E-state index is 13.1. The second-order valence-corrected chi connectivity index (χ2v) is 7.24. The Hall–Kier alpha value is -3.39. The summed E-state index contributed by atoms with van der Waals surface area (Å²) in [6.45, 7) is 5.58. The summed E-state index contributed by atoms with van der Waals surface area (Å²) < 4.78 is 5.40. The number of fused-ring (bicyclic) bond motifs is 1. The van der Waals surface area contributed by atoms with Crippen LogP contribution in [0.4, 0.5) is 11.4 Å². The highest BCUT2D eigenvalue weighted by atomic mass is 16.5. The van der Waals surface area contributed by atoms with Gasteiger partial charge in [0.1, 0.15) is 12.3 Å². The summed E-state index contributed by atoms with van der Waals surface area (Å²) in [6.07, 6.45) is 0. The van der Waals surface area contributed by atoms with E-state index in [-0.39, 0.29) is 37.0 Å². The molecule has 8 nitrogen and oxygen atoms in total. The zero-order valence-corrected chi connectivity index (χ0v) is 18.0. The number of rotatable bonds is 8. The van der Waals surface area contributed by atoms with Gasteiger partial charge in [-0.15, -0.1) is 0 Å². The molecule has 0 spiro atoms. The second kappa shape index (κ2) is 9.61. The first-order chi connectivity index (χ1) is 14.9. The van der Waals surface area contributed by atoms with Gasteiger partial charge in [0.2, 0.25) is 11.8 Å². The van der Waals surface area contributed by atoms with Gasteiger partial charge in [-0.2, -0.15) is 0 Å². The number of nitrogens with zero attached hydrogens (tertiary/aromatic N) is 3. The third-order valence-corrected chi connectivity index (χ3v) is 5.47. The molecule has 0 atom stereocenters. The largest absolute Gasteiger partial charge is 0.496 e. The summed E-state index contributed by atoms with van der Waals surface area (Å²) in [5.74, 6) is -0.918. The highest BCUT2D eigenvalue weighted by molar-refractivity contribution is 6.12. The average molecular weight is 425 g/mol. The smallest absolute Gasteiger partial charge is 0.335 e. The minimum absolute atomic E-state index is 0.0611. The number of aromatic carboxylic acids is 1. The van der Waals surface area contributed by atoms with Crippen molar-refractivity contribution >= 4 is 29.2 Å². The molecule has 0 radical (unpaired) electrons. The fourth-order valence-electron chi connectivity index (χ4n) is 3.66. The molecule has 1 aliphatic rings. The fraction of sp³-hybridized carbons (Fsp3) is 0.348. The molecular formula is C23H27N3O5. The number of likely N-dealkylation sites (N-methyl/N-ethyl adjacent to an activating group) is 1. The molecule has 8 heteroatoms. The summed E-state index contributed by atoms with van der Waals surface area (Å²) in [4.78, 5) is 42.6. The number of carboxylic acid groups (broad SMARTS) is 1. The van der Waals surface area contributed by atoms with Gasteiger partial charge in [0.25, 0.3) is 0 Å². The number of amides is 2. The van der Waals surface area contributed by atoms with Crippen LogP contribution >= 0.6 is 0 Å². The first kappa shape index (κ1) is 22.3. The van der Waals surface area contributed by atoms with E-state index >= 15 is 0 Å². The van der Waals surface area contributed by atoms with E-state index in [0.29, 0.717) is 30.2 Å². The van der Waals surface area contributed by atoms with Gasteiger partial charge < -0.3 is 14.7 Å². The molecule has 0 aromatic heterocycles. The number of carbonyl (C=O) groups excluding carboxylic acids is 2. The lowest BCUT2D eigenvalue weighted by molar-refractivity contribution is -0.123. The van der Waals surface area contributed by atoms with Crippen LogP contribution in [0.25, 0.3) is 0 Å². The molecule has 0 saturated carbocycles. The molecule has 0 saturated heterocycles. The van der Waals surface area contributed by atoms with Crippen LogP contribution in [0.2, 0.25) is 0 Å². The van der Waals surface area contributed by atoms with Crippen molar-refractivity contribution in [2.75, 3.05) is 43.1 Å². The molecule has 2 amide bonds. The quantitative estimate of drug-likeness (QED) is 0.699. The van der Waals surface area contributed by atoms with Crippen LogP contribution in [0.1, 0.15) is 29.8 Å². The minimum Gasteiger partial charge on any atom is -0.496 e. The molecule has 0 unspecified atom stereocenters. The van der Waals surface area contributed by atoms with Crippen molar-refractivity contribution < 1.29 is 24.2 Å². The number of para-hydroxylation sites is 1. The lowest BCUT2D eigenvalue weighted by Gasteiger charge is -2.37. The van der Waals surface area contributed by atoms with Gasteiger partial charge in [-0.05, 0) is 37.4 Å². The second-order valence-electron chi connectivity index (χ2n) is 7.24. The van der Waals surface area contributed by atoms with Gasteiger partial charge >= 0.3 is 5.97 Å². The Morgan fingerprint density at radius 1 is 1.10 bits per heavy atom. The van der Waals surface area contributed by atoms with Gasteiger partial charge in [-0.25, -0.2) is 4.79 Å². The van der Waals surface area contributed by atoms with Gasteiger partial charge in [0.15, 0.2) is 0 Å². The van der Waals surface area contributed by atoms with E-state index in [2.05, 4.69) is 0 Å². The molecule has 3 rings (SSSR count). The number of anilines is 2. The van der Waals surface area contributed by atoms with Crippen LogP contribution in [-0.4, -0.2) is 61.1 Å². The van der Waals surface area contributed by atoms with E-state index in [1.54, 1.807) is 18.1 Å². The standard InChI is InChI=1S/C23H27N3O5/c1-4-24(5-2)14-21(27)26-15-22(28)25(13-17-8-6-7-9-20(17)31-3)18-11-10-16(23(29)30)12-19(18)26/h6-12H,4-5,13-15H2,1-3H3,(H,29,30). The van der Waals surface area contributed by atoms with Crippen LogP contribution in [0, 0.1) is 0 Å². The Kier molecular flexibility index (Phi) is 6.91. The third kappa shape index (κ3) is 4.69. The van der Waals surface area contributed by atoms with Crippen molar-refractivity contribution in [3.8, 4) is 5.75 Å². The van der Waals surface area contributed by atoms with Gasteiger partial charge in [0, 0.05) is 5.56 Å². The summed E-state index contributed by atoms with van der Waals surface area (Å²) >= 11 is 0. The summed E-state index contributed by atoms with van der Waals surface area (Å²) in [5, 5.41) is 9.45. The van der Waals surface area contributed by atoms with Crippen molar-refractivity contribution in [3.63, 3.8) is 0 Å². The molecule has 1 N–H and O–H groups in total. The van der Waals surface area contributed by atoms with Crippen LogP contribution in [0.5, 0.6) is 5.75 Å². The minimum atomic E-state index is -1.09. The summed E-state index contributed by atoms with van der Waals surface area (Å²) in [7, 11) is 1.57. The molecule has 1 heterocycles. The van der Waals surface area contributed by atoms with Crippen LogP contribution in [0.15, 0.2) is 42.5 Å². The number of carbonyl (C=O) groups is 3. The Labute approximate surface area is 181 Å². The van der Waals surface area contributed by atoms with Crippen molar-refractivity contribution in [2.24, 2.45) is 0 Å². The number of ether oxygens (including phenoxy) is 1. The molecule has 0 bridgehead atoms. The number of hydrogen-bond acceptors (Lipinski definition) is 5. The number of methoxy groups -OCH3 is 1. The van der Waals surface area contributed by atoms with E-state index < -0.39 is 5.97 Å². The third-order valence-electron chi connectivity index (χ3n) is 5.47. The van der Waals surface area contributed by atoms with Crippen molar-refractivity contribution in [2.45, 2.75) is 20.4 Å². The predicted molar refractivity (Wildman–Crippen MR) is 118 cm³/mol. The van der Waals surface area contributed by atoms with Crippen LogP contribution in [-0.2, 0) is 16.1 Å². The molecule has 0 aliphatic carbocycles. The maximum Gasteiger partial charge on any atom is 0.335 e. The molecule has 164 valence electrons. The van der Waals surface area contributed by atoms with Gasteiger partial charge in [-0.3, -0.25) is 19.4 Å². The monoisotopic (exact) mass is 425 g/mol. The van der Waals surface area contributed by atoms with Gasteiger partial charge in [-0.1, -0.05) is 32.0 Å². The van der Waals surface area contributed by atoms with E-state index in [9.17, 15) is 19.5 Å². The Balaban J connectivity index is 2.01. The highest BCUT2D eigenvalue weighted by Gasteiger charge is 2.34. The molecule has 1 aliphatic heterocycles. The molecule has 2 aromatic rings. The van der Waals surface area contributed by atoms with Gasteiger partial charge in [0.05, 0.1) is 37.1 Å². The lowest BCUT2D eigenvalue weighted by Crippen LogP contribution is -2.50. The maximum absolute atomic E-state index is 13.1. The van der Waals surface area contributed by atoms with E-state index in [1.165, 1.54) is 17.0 Å². The van der Waals surface area contributed by atoms with E-state index in [4.69, 9.17) is 4.74 Å². The Morgan fingerprint density at radius 2 is 1.81 bits per heavy atom. The highest BCUT2D eigenvalue weighted by Crippen LogP contribution is 2.36. The molecule has 0 fully saturated rings. The average Bonchev–Trinajstić information content (AvgIpc) is 2.78. The number of benzene rings is 2. The van der Waals surface area contributed by atoms with E-state index in [1.807, 2.05) is 43.0 Å². The summed E-state index contributed by atoms with van der Waals surface area (Å²) in [5.41, 5.74) is 1.80. The predicted octanol–water partition coefficient (Wildman–Crippen LogP) is 2.62.